The zero-order valence-electron chi connectivity index (χ0n) is 18.0. The third-order valence-electron chi connectivity index (χ3n) is 6.14. The highest BCUT2D eigenvalue weighted by Crippen LogP contribution is 2.31. The monoisotopic (exact) mass is 449 g/mol. The lowest BCUT2D eigenvalue weighted by Gasteiger charge is -2.38. The number of morpholine rings is 1. The van der Waals surface area contributed by atoms with E-state index in [0.29, 0.717) is 17.7 Å². The molecule has 2 aromatic heterocycles. The smallest absolute Gasteiger partial charge is 0.225 e. The van der Waals surface area contributed by atoms with Crippen LogP contribution in [0.3, 0.4) is 0 Å². The van der Waals surface area contributed by atoms with E-state index >= 15 is 0 Å². The molecule has 4 heterocycles. The number of hydrogen-bond donors (Lipinski definition) is 1. The molecule has 0 amide bonds. The van der Waals surface area contributed by atoms with Crippen LogP contribution >= 0.6 is 11.3 Å². The van der Waals surface area contributed by atoms with Gasteiger partial charge >= 0.3 is 0 Å². The Morgan fingerprint density at radius 1 is 1.19 bits per heavy atom. The van der Waals surface area contributed by atoms with E-state index in [-0.39, 0.29) is 0 Å². The number of fused-ring (bicyclic) bond motifs is 1. The molecule has 9 heteroatoms. The molecule has 2 aliphatic heterocycles. The van der Waals surface area contributed by atoms with Crippen molar-refractivity contribution in [2.45, 2.75) is 18.4 Å². The number of benzene rings is 1. The maximum absolute atomic E-state index is 9.96. The Bertz CT molecular complexity index is 1060. The fourth-order valence-corrected chi connectivity index (χ4v) is 5.39. The summed E-state index contributed by atoms with van der Waals surface area (Å²) in [7, 11) is 0. The van der Waals surface area contributed by atoms with Gasteiger partial charge < -0.3 is 15.0 Å². The molecule has 0 aliphatic carbocycles. The van der Waals surface area contributed by atoms with E-state index < -0.39 is 5.92 Å². The van der Waals surface area contributed by atoms with Crippen LogP contribution in [-0.2, 0) is 4.74 Å². The van der Waals surface area contributed by atoms with Crippen LogP contribution in [0.1, 0.15) is 23.0 Å². The molecule has 3 aromatic rings. The minimum atomic E-state index is -0.496. The second-order valence-electron chi connectivity index (χ2n) is 8.16. The average Bonchev–Trinajstić information content (AvgIpc) is 3.28. The molecule has 1 aromatic carbocycles. The normalized spacial score (nSPS) is 20.8. The molecule has 2 saturated heterocycles. The Hall–Kier alpha value is -2.64. The van der Waals surface area contributed by atoms with Gasteiger partial charge in [0.15, 0.2) is 0 Å². The Kier molecular flexibility index (Phi) is 6.55. The van der Waals surface area contributed by atoms with Gasteiger partial charge in [-0.15, -0.1) is 11.3 Å². The molecule has 0 saturated carbocycles. The van der Waals surface area contributed by atoms with Gasteiger partial charge in [-0.1, -0.05) is 12.1 Å². The lowest BCUT2D eigenvalue weighted by atomic mass is 10.1. The summed E-state index contributed by atoms with van der Waals surface area (Å²) >= 11 is 1.56. The number of anilines is 1. The van der Waals surface area contributed by atoms with Crippen LogP contribution in [0.2, 0.25) is 0 Å². The lowest BCUT2D eigenvalue weighted by molar-refractivity contribution is 0.0364. The molecular weight excluding hydrogens is 422 g/mol. The summed E-state index contributed by atoms with van der Waals surface area (Å²) in [6.45, 7) is 7.35. The number of thiazole rings is 1. The van der Waals surface area contributed by atoms with E-state index in [4.69, 9.17) is 14.7 Å². The first-order valence-electron chi connectivity index (χ1n) is 11.2. The zero-order chi connectivity index (χ0) is 21.8. The number of para-hydroxylation sites is 1. The van der Waals surface area contributed by atoms with Gasteiger partial charge in [0.25, 0.3) is 0 Å². The Morgan fingerprint density at radius 2 is 2.06 bits per heavy atom. The van der Waals surface area contributed by atoms with E-state index in [2.05, 4.69) is 26.2 Å². The van der Waals surface area contributed by atoms with Gasteiger partial charge in [-0.25, -0.2) is 15.0 Å². The van der Waals surface area contributed by atoms with Crippen molar-refractivity contribution >= 4 is 27.5 Å². The highest BCUT2D eigenvalue weighted by Gasteiger charge is 2.27. The van der Waals surface area contributed by atoms with E-state index in [0.717, 1.165) is 74.1 Å². The van der Waals surface area contributed by atoms with Gasteiger partial charge in [0.1, 0.15) is 10.9 Å². The first kappa shape index (κ1) is 21.2. The first-order chi connectivity index (χ1) is 15.8. The van der Waals surface area contributed by atoms with Crippen LogP contribution in [0, 0.1) is 11.3 Å². The molecule has 5 rings (SSSR count). The van der Waals surface area contributed by atoms with Gasteiger partial charge in [-0.2, -0.15) is 5.26 Å². The molecule has 2 aliphatic rings. The number of hydrogen-bond acceptors (Lipinski definition) is 9. The Labute approximate surface area is 191 Å². The maximum Gasteiger partial charge on any atom is 0.225 e. The van der Waals surface area contributed by atoms with Gasteiger partial charge in [0.2, 0.25) is 5.95 Å². The topological polar surface area (TPSA) is 90.2 Å². The molecule has 32 heavy (non-hydrogen) atoms. The van der Waals surface area contributed by atoms with Crippen molar-refractivity contribution < 1.29 is 4.74 Å². The predicted molar refractivity (Wildman–Crippen MR) is 125 cm³/mol. The maximum atomic E-state index is 9.96. The van der Waals surface area contributed by atoms with Crippen molar-refractivity contribution in [3.05, 3.63) is 47.2 Å². The molecule has 0 bridgehead atoms. The van der Waals surface area contributed by atoms with Crippen LogP contribution in [0.5, 0.6) is 0 Å². The summed E-state index contributed by atoms with van der Waals surface area (Å²) in [4.78, 5) is 18.9. The lowest BCUT2D eigenvalue weighted by Crippen LogP contribution is -2.53. The molecular formula is C23H27N7OS. The van der Waals surface area contributed by atoms with Crippen molar-refractivity contribution in [1.82, 2.24) is 25.2 Å². The molecule has 0 radical (unpaired) electrons. The fraction of sp³-hybridized carbons (Fsp3) is 0.478. The second-order valence-corrected chi connectivity index (χ2v) is 9.22. The summed E-state index contributed by atoms with van der Waals surface area (Å²) < 4.78 is 6.55. The van der Waals surface area contributed by atoms with E-state index in [1.54, 1.807) is 17.5 Å². The van der Waals surface area contributed by atoms with Gasteiger partial charge in [-0.3, -0.25) is 4.90 Å². The largest absolute Gasteiger partial charge is 0.379 e. The van der Waals surface area contributed by atoms with E-state index in [1.807, 2.05) is 30.3 Å². The third kappa shape index (κ3) is 4.59. The molecule has 1 N–H and O–H groups in total. The number of nitriles is 1. The number of ether oxygens (including phenoxy) is 1. The third-order valence-corrected chi connectivity index (χ3v) is 7.24. The summed E-state index contributed by atoms with van der Waals surface area (Å²) in [6.07, 6.45) is 2.82. The van der Waals surface area contributed by atoms with Crippen molar-refractivity contribution in [3.8, 4) is 6.07 Å². The minimum absolute atomic E-state index is 0.324. The highest BCUT2D eigenvalue weighted by atomic mass is 32.1. The Balaban J connectivity index is 1.35. The molecule has 166 valence electrons. The van der Waals surface area contributed by atoms with Gasteiger partial charge in [0, 0.05) is 51.5 Å². The van der Waals surface area contributed by atoms with Gasteiger partial charge in [0.05, 0.1) is 35.2 Å². The zero-order valence-corrected chi connectivity index (χ0v) is 18.8. The van der Waals surface area contributed by atoms with E-state index in [1.165, 1.54) is 0 Å². The van der Waals surface area contributed by atoms with Crippen LogP contribution in [0.15, 0.2) is 36.5 Å². The quantitative estimate of drug-likeness (QED) is 0.613. The summed E-state index contributed by atoms with van der Waals surface area (Å²) in [5.41, 5.74) is 1.63. The summed E-state index contributed by atoms with van der Waals surface area (Å²) in [5.74, 6) is 0.209. The standard InChI is InChI=1S/C23H27N7OS/c24-15-18(22-27-20-3-1-2-4-21(20)32-22)19-5-7-26-23(28-19)30-10-8-25-16-17(30)6-9-29-11-13-31-14-12-29/h1-5,7,17-18,25H,6,8-14,16H2. The van der Waals surface area contributed by atoms with Crippen LogP contribution in [0.25, 0.3) is 10.2 Å². The van der Waals surface area contributed by atoms with Crippen molar-refractivity contribution in [2.24, 2.45) is 0 Å². The van der Waals surface area contributed by atoms with Crippen LogP contribution in [-0.4, -0.2) is 78.4 Å². The second kappa shape index (κ2) is 9.88. The molecule has 0 spiro atoms. The van der Waals surface area contributed by atoms with E-state index in [9.17, 15) is 5.26 Å². The molecule has 2 atom stereocenters. The van der Waals surface area contributed by atoms with Crippen LogP contribution in [0.4, 0.5) is 5.95 Å². The molecule has 2 unspecified atom stereocenters. The first-order valence-corrected chi connectivity index (χ1v) is 12.0. The minimum Gasteiger partial charge on any atom is -0.379 e. The predicted octanol–water partition coefficient (Wildman–Crippen LogP) is 2.24. The average molecular weight is 450 g/mol. The van der Waals surface area contributed by atoms with Crippen molar-refractivity contribution in [3.63, 3.8) is 0 Å². The molecule has 2 fully saturated rings. The number of piperazine rings is 1. The SMILES string of the molecule is N#CC(c1ccnc(N2CCNCC2CCN2CCOCC2)n1)c1nc2ccccc2s1. The molecule has 8 nitrogen and oxygen atoms in total. The summed E-state index contributed by atoms with van der Waals surface area (Å²) in [6, 6.07) is 12.6. The fourth-order valence-electron chi connectivity index (χ4n) is 4.36. The number of rotatable bonds is 6. The number of aromatic nitrogens is 3. The number of nitrogens with one attached hydrogen (secondary N) is 1. The van der Waals surface area contributed by atoms with Crippen LogP contribution < -0.4 is 10.2 Å². The Morgan fingerprint density at radius 3 is 2.91 bits per heavy atom. The number of nitrogens with zero attached hydrogens (tertiary/aromatic N) is 6. The summed E-state index contributed by atoms with van der Waals surface area (Å²) in [5, 5.41) is 14.2. The van der Waals surface area contributed by atoms with Crippen molar-refractivity contribution in [2.75, 3.05) is 57.4 Å². The highest BCUT2D eigenvalue weighted by molar-refractivity contribution is 7.18. The van der Waals surface area contributed by atoms with Gasteiger partial charge in [-0.05, 0) is 24.6 Å². The van der Waals surface area contributed by atoms with Crippen molar-refractivity contribution in [1.29, 1.82) is 5.26 Å².